The van der Waals surface area contributed by atoms with Crippen molar-refractivity contribution in [3.8, 4) is 22.5 Å². The quantitative estimate of drug-likeness (QED) is 0.301. The molecule has 1 aromatic heterocycles. The second kappa shape index (κ2) is 10.6. The Bertz CT molecular complexity index is 1390. The number of halogens is 2. The van der Waals surface area contributed by atoms with Crippen LogP contribution in [0.25, 0.3) is 22.5 Å². The molecule has 1 fully saturated rings. The van der Waals surface area contributed by atoms with Crippen molar-refractivity contribution in [2.24, 2.45) is 23.5 Å². The van der Waals surface area contributed by atoms with Crippen molar-refractivity contribution in [3.63, 3.8) is 0 Å². The zero-order chi connectivity index (χ0) is 26.4. The van der Waals surface area contributed by atoms with E-state index < -0.39 is 15.3 Å². The first kappa shape index (κ1) is 27.2. The molecule has 2 aromatic carbocycles. The molecular formula is C29H36ClIN3O2S-. The fourth-order valence-corrected chi connectivity index (χ4v) is 12.5. The van der Waals surface area contributed by atoms with E-state index in [9.17, 15) is 8.42 Å². The van der Waals surface area contributed by atoms with E-state index >= 15 is 0 Å². The Hall–Kier alpha value is -1.42. The van der Waals surface area contributed by atoms with Crippen LogP contribution in [0.5, 0.6) is 0 Å². The van der Waals surface area contributed by atoms with E-state index in [2.05, 4.69) is 31.2 Å². The van der Waals surface area contributed by atoms with E-state index in [4.69, 9.17) is 21.8 Å². The van der Waals surface area contributed by atoms with Crippen LogP contribution in [-0.4, -0.2) is 31.8 Å². The van der Waals surface area contributed by atoms with Gasteiger partial charge in [-0.25, -0.2) is 0 Å². The number of aryl methyl sites for hydroxylation is 1. The van der Waals surface area contributed by atoms with Crippen LogP contribution in [0.3, 0.4) is 0 Å². The number of hydrogen-bond acceptors (Lipinski definition) is 3. The standard InChI is InChI=1S/C29H36ClIN3O2S/c1-4-5-25(37(32,35)36)12-13-29(2)23-15-20-6-7-21(14-22(20)16-28(29)31-18-23)26-17-27(34(3)33-26)19-8-10-24(30)11-9-19/h6-11,14,17,23,25,28H,4-5,12-13,15-16,18H2,1-3H3,(H2,32,35,36)/q-1/t23?,25?,28?,29-/m0/s1. The number of alkyl halides is 2. The Morgan fingerprint density at radius 2 is 1.84 bits per heavy atom. The molecule has 2 aliphatic rings. The van der Waals surface area contributed by atoms with Gasteiger partial charge < -0.3 is 0 Å². The van der Waals surface area contributed by atoms with E-state index in [1.54, 1.807) is 0 Å². The van der Waals surface area contributed by atoms with Crippen LogP contribution in [0, 0.1) is 11.3 Å². The van der Waals surface area contributed by atoms with Crippen LogP contribution >= 0.6 is 11.6 Å². The SMILES string of the molecule is CCCC(CC[C@@]1(C)C2C[I-]C1Cc1cc(-c3cc(-c4ccc(Cl)cc4)n(C)n3)ccc1C2)S(N)(=O)=O. The zero-order valence-electron chi connectivity index (χ0n) is 21.8. The number of nitrogens with zero attached hydrogens (tertiary/aromatic N) is 2. The summed E-state index contributed by atoms with van der Waals surface area (Å²) in [5, 5.41) is 10.8. The van der Waals surface area contributed by atoms with Gasteiger partial charge in [0, 0.05) is 0 Å². The summed E-state index contributed by atoms with van der Waals surface area (Å²) in [7, 11) is -1.51. The van der Waals surface area contributed by atoms with Gasteiger partial charge in [0.1, 0.15) is 0 Å². The molecule has 0 saturated carbocycles. The van der Waals surface area contributed by atoms with Gasteiger partial charge in [-0.05, 0) is 0 Å². The van der Waals surface area contributed by atoms with Crippen molar-refractivity contribution in [1.82, 2.24) is 9.78 Å². The predicted octanol–water partition coefficient (Wildman–Crippen LogP) is 2.84. The number of hydrogen-bond donors (Lipinski definition) is 1. The second-order valence-corrected chi connectivity index (χ2v) is 16.5. The van der Waals surface area contributed by atoms with Crippen LogP contribution in [0.15, 0.2) is 48.5 Å². The van der Waals surface area contributed by atoms with Crippen molar-refractivity contribution in [1.29, 1.82) is 0 Å². The molecule has 5 rings (SSSR count). The monoisotopic (exact) mass is 652 g/mol. The average Bonchev–Trinajstić information content (AvgIpc) is 3.33. The molecule has 0 amide bonds. The fourth-order valence-electron chi connectivity index (χ4n) is 6.16. The molecule has 1 aliphatic carbocycles. The molecule has 200 valence electrons. The maximum absolute atomic E-state index is 12.2. The van der Waals surface area contributed by atoms with Crippen molar-refractivity contribution >= 4 is 21.6 Å². The third-order valence-corrected chi connectivity index (χ3v) is 14.7. The molecule has 37 heavy (non-hydrogen) atoms. The van der Waals surface area contributed by atoms with E-state index in [0.29, 0.717) is 22.7 Å². The van der Waals surface area contributed by atoms with Crippen molar-refractivity contribution in [2.45, 2.75) is 61.5 Å². The van der Waals surface area contributed by atoms with Crippen molar-refractivity contribution < 1.29 is 29.6 Å². The van der Waals surface area contributed by atoms with E-state index in [0.717, 1.165) is 53.2 Å². The number of nitrogens with two attached hydrogens (primary N) is 1. The molecule has 1 saturated heterocycles. The Labute approximate surface area is 236 Å². The summed E-state index contributed by atoms with van der Waals surface area (Å²) >= 11 is 6.17. The van der Waals surface area contributed by atoms with Gasteiger partial charge in [0.2, 0.25) is 0 Å². The molecule has 0 spiro atoms. The van der Waals surface area contributed by atoms with Crippen molar-refractivity contribution in [2.75, 3.05) is 4.43 Å². The molecule has 0 radical (unpaired) electrons. The number of benzene rings is 2. The van der Waals surface area contributed by atoms with E-state index in [1.165, 1.54) is 15.6 Å². The summed E-state index contributed by atoms with van der Waals surface area (Å²) in [5.74, 6) is 0.631. The second-order valence-electron chi connectivity index (χ2n) is 11.0. The van der Waals surface area contributed by atoms with Crippen LogP contribution in [0.1, 0.15) is 50.7 Å². The summed E-state index contributed by atoms with van der Waals surface area (Å²) in [5.41, 5.74) is 7.40. The van der Waals surface area contributed by atoms with Crippen LogP contribution in [0.4, 0.5) is 0 Å². The van der Waals surface area contributed by atoms with E-state index in [-0.39, 0.29) is 26.6 Å². The van der Waals surface area contributed by atoms with Gasteiger partial charge in [0.25, 0.3) is 0 Å². The molecule has 1 aliphatic heterocycles. The van der Waals surface area contributed by atoms with Crippen LogP contribution in [0.2, 0.25) is 5.02 Å². The number of primary sulfonamides is 1. The predicted molar refractivity (Wildman–Crippen MR) is 148 cm³/mol. The van der Waals surface area contributed by atoms with Gasteiger partial charge in [-0.1, -0.05) is 11.6 Å². The van der Waals surface area contributed by atoms with Gasteiger partial charge in [0.05, 0.1) is 0 Å². The molecule has 3 aromatic rings. The van der Waals surface area contributed by atoms with Gasteiger partial charge in [0.15, 0.2) is 0 Å². The third kappa shape index (κ3) is 5.52. The Morgan fingerprint density at radius 3 is 2.54 bits per heavy atom. The van der Waals surface area contributed by atoms with Crippen LogP contribution in [-0.2, 0) is 29.9 Å². The number of sulfonamides is 1. The normalized spacial score (nSPS) is 24.2. The number of fused-ring (bicyclic) bond motifs is 3. The maximum atomic E-state index is 12.2. The molecule has 2 bridgehead atoms. The average molecular weight is 653 g/mol. The molecule has 2 N–H and O–H groups in total. The Balaban J connectivity index is 1.39. The van der Waals surface area contributed by atoms with Gasteiger partial charge in [-0.2, -0.15) is 0 Å². The zero-order valence-corrected chi connectivity index (χ0v) is 25.5. The van der Waals surface area contributed by atoms with Gasteiger partial charge in [-0.3, -0.25) is 0 Å². The molecule has 5 nitrogen and oxygen atoms in total. The summed E-state index contributed by atoms with van der Waals surface area (Å²) in [6.45, 7) is 4.47. The third-order valence-electron chi connectivity index (χ3n) is 8.58. The molecular weight excluding hydrogens is 617 g/mol. The summed E-state index contributed by atoms with van der Waals surface area (Å²) < 4.78 is 28.3. The minimum atomic E-state index is -3.50. The van der Waals surface area contributed by atoms with Crippen LogP contribution < -0.4 is 26.3 Å². The summed E-state index contributed by atoms with van der Waals surface area (Å²) in [4.78, 5) is 0. The first-order chi connectivity index (χ1) is 17.6. The molecule has 8 heteroatoms. The molecule has 4 atom stereocenters. The van der Waals surface area contributed by atoms with E-state index in [1.807, 2.05) is 42.9 Å². The topological polar surface area (TPSA) is 78.0 Å². The summed E-state index contributed by atoms with van der Waals surface area (Å²) in [6.07, 6.45) is 5.32. The molecule has 3 unspecified atom stereocenters. The Kier molecular flexibility index (Phi) is 7.80. The number of rotatable bonds is 8. The molecule has 2 heterocycles. The Morgan fingerprint density at radius 1 is 1.11 bits per heavy atom. The summed E-state index contributed by atoms with van der Waals surface area (Å²) in [6, 6.07) is 16.9. The van der Waals surface area contributed by atoms with Crippen molar-refractivity contribution in [3.05, 3.63) is 64.7 Å². The fraction of sp³-hybridized carbons (Fsp3) is 0.483. The van der Waals surface area contributed by atoms with Gasteiger partial charge >= 0.3 is 226 Å². The number of aromatic nitrogens is 2. The first-order valence-electron chi connectivity index (χ1n) is 13.1. The first-order valence-corrected chi connectivity index (χ1v) is 17.9. The van der Waals surface area contributed by atoms with Gasteiger partial charge in [-0.15, -0.1) is 0 Å². The minimum absolute atomic E-state index is 0.0846.